The van der Waals surface area contributed by atoms with Gasteiger partial charge in [-0.25, -0.2) is 18.1 Å². The summed E-state index contributed by atoms with van der Waals surface area (Å²) in [5, 5.41) is 1.73. The number of fused-ring (bicyclic) bond motifs is 1. The number of hydrogen-bond acceptors (Lipinski definition) is 9. The first-order valence-corrected chi connectivity index (χ1v) is 14.0. The average Bonchev–Trinajstić information content (AvgIpc) is 3.37. The largest absolute Gasteiger partial charge is 0.497 e. The topological polar surface area (TPSA) is 101 Å². The maximum atomic E-state index is 12.9. The van der Waals surface area contributed by atoms with E-state index in [1.165, 1.54) is 11.5 Å². The van der Waals surface area contributed by atoms with Crippen LogP contribution in [0.25, 0.3) is 10.9 Å². The summed E-state index contributed by atoms with van der Waals surface area (Å²) >= 11 is 1.42. The summed E-state index contributed by atoms with van der Waals surface area (Å²) in [6, 6.07) is 16.8. The van der Waals surface area contributed by atoms with E-state index in [9.17, 15) is 8.42 Å². The van der Waals surface area contributed by atoms with Crippen LogP contribution in [0, 0.1) is 0 Å². The highest BCUT2D eigenvalue weighted by atomic mass is 32.2. The first-order valence-electron chi connectivity index (χ1n) is 11.8. The highest BCUT2D eigenvalue weighted by Gasteiger charge is 2.22. The van der Waals surface area contributed by atoms with Gasteiger partial charge in [-0.3, -0.25) is 9.88 Å². The van der Waals surface area contributed by atoms with Gasteiger partial charge in [-0.15, -0.1) is 0 Å². The van der Waals surface area contributed by atoms with E-state index in [-0.39, 0.29) is 4.90 Å². The number of ether oxygens (including phenoxy) is 1. The molecule has 1 N–H and O–H groups in total. The molecule has 3 heterocycles. The zero-order valence-corrected chi connectivity index (χ0v) is 21.6. The van der Waals surface area contributed by atoms with Crippen LogP contribution in [0.1, 0.15) is 11.4 Å². The van der Waals surface area contributed by atoms with Gasteiger partial charge < -0.3 is 9.64 Å². The molecule has 2 aromatic carbocycles. The molecule has 5 rings (SSSR count). The predicted molar refractivity (Wildman–Crippen MR) is 141 cm³/mol. The Kier molecular flexibility index (Phi) is 7.42. The van der Waals surface area contributed by atoms with Gasteiger partial charge in [-0.1, -0.05) is 30.3 Å². The van der Waals surface area contributed by atoms with Crippen LogP contribution in [0.5, 0.6) is 5.75 Å². The number of hydrogen-bond donors (Lipinski definition) is 1. The summed E-state index contributed by atoms with van der Waals surface area (Å²) in [4.78, 5) is 13.7. The third-order valence-corrected chi connectivity index (χ3v) is 8.51. The third kappa shape index (κ3) is 5.65. The Morgan fingerprint density at radius 2 is 1.86 bits per heavy atom. The summed E-state index contributed by atoms with van der Waals surface area (Å²) in [7, 11) is -1.98. The molecule has 0 unspecified atom stereocenters. The minimum absolute atomic E-state index is 0.214. The molecule has 1 fully saturated rings. The van der Waals surface area contributed by atoms with Crippen molar-refractivity contribution < 1.29 is 13.2 Å². The zero-order valence-electron chi connectivity index (χ0n) is 20.0. The molecule has 0 bridgehead atoms. The Morgan fingerprint density at radius 3 is 2.69 bits per heavy atom. The minimum Gasteiger partial charge on any atom is -0.497 e. The number of methoxy groups -OCH3 is 1. The van der Waals surface area contributed by atoms with Gasteiger partial charge in [0.2, 0.25) is 15.2 Å². The standard InChI is InChI=1S/C25H28N6O3S2/c1-34-21-8-2-5-19(17-21)18-23-28-25(35-29-23)31-15-13-30(14-16-31)12-11-27-36(32,33)22-9-3-6-20-7-4-10-26-24(20)22/h2-10,17,27H,11-16,18H2,1H3. The van der Waals surface area contributed by atoms with Crippen LogP contribution in [0.15, 0.2) is 65.7 Å². The highest BCUT2D eigenvalue weighted by Crippen LogP contribution is 2.22. The molecule has 36 heavy (non-hydrogen) atoms. The van der Waals surface area contributed by atoms with Gasteiger partial charge in [0.15, 0.2) is 0 Å². The number of benzene rings is 2. The van der Waals surface area contributed by atoms with Gasteiger partial charge in [-0.2, -0.15) is 4.37 Å². The molecule has 0 radical (unpaired) electrons. The Bertz CT molecular complexity index is 1430. The van der Waals surface area contributed by atoms with Crippen LogP contribution in [-0.4, -0.2) is 74.0 Å². The average molecular weight is 525 g/mol. The van der Waals surface area contributed by atoms with Gasteiger partial charge in [0, 0.05) is 68.8 Å². The Morgan fingerprint density at radius 1 is 1.06 bits per heavy atom. The predicted octanol–water partition coefficient (Wildman–Crippen LogP) is 2.79. The SMILES string of the molecule is COc1cccc(Cc2nsc(N3CCN(CCNS(=O)(=O)c4cccc5cccnc45)CC3)n2)c1. The second-order valence-electron chi connectivity index (χ2n) is 8.58. The fraction of sp³-hybridized carbons (Fsp3) is 0.320. The molecule has 1 aliphatic rings. The third-order valence-electron chi connectivity index (χ3n) is 6.20. The van der Waals surface area contributed by atoms with Crippen LogP contribution in [0.3, 0.4) is 0 Å². The molecule has 1 aliphatic heterocycles. The highest BCUT2D eigenvalue weighted by molar-refractivity contribution is 7.89. The molecule has 188 valence electrons. The number of nitrogens with zero attached hydrogens (tertiary/aromatic N) is 5. The van der Waals surface area contributed by atoms with Crippen LogP contribution < -0.4 is 14.4 Å². The first-order chi connectivity index (χ1) is 17.5. The molecule has 0 spiro atoms. The first kappa shape index (κ1) is 24.6. The quantitative estimate of drug-likeness (QED) is 0.357. The number of aromatic nitrogens is 3. The molecule has 0 aliphatic carbocycles. The molecule has 4 aromatic rings. The maximum Gasteiger partial charge on any atom is 0.242 e. The molecule has 11 heteroatoms. The van der Waals surface area contributed by atoms with Crippen molar-refractivity contribution in [2.75, 3.05) is 51.3 Å². The van der Waals surface area contributed by atoms with Gasteiger partial charge in [0.1, 0.15) is 16.5 Å². The van der Waals surface area contributed by atoms with Crippen molar-refractivity contribution in [3.63, 3.8) is 0 Å². The molecule has 0 saturated carbocycles. The Labute approximate surface area is 215 Å². The van der Waals surface area contributed by atoms with Crippen molar-refractivity contribution in [2.45, 2.75) is 11.3 Å². The summed E-state index contributed by atoms with van der Waals surface area (Å²) in [5.74, 6) is 1.64. The van der Waals surface area contributed by atoms with Gasteiger partial charge >= 0.3 is 0 Å². The lowest BCUT2D eigenvalue weighted by Gasteiger charge is -2.34. The van der Waals surface area contributed by atoms with E-state index in [4.69, 9.17) is 9.72 Å². The van der Waals surface area contributed by atoms with Crippen molar-refractivity contribution >= 4 is 37.6 Å². The van der Waals surface area contributed by atoms with Gasteiger partial charge in [0.05, 0.1) is 12.6 Å². The summed E-state index contributed by atoms with van der Waals surface area (Å²) < 4.78 is 38.4. The van der Waals surface area contributed by atoms with Gasteiger partial charge in [0.25, 0.3) is 0 Å². The van der Waals surface area contributed by atoms with Crippen LogP contribution in [0.2, 0.25) is 0 Å². The van der Waals surface area contributed by atoms with E-state index in [1.807, 2.05) is 36.4 Å². The summed E-state index contributed by atoms with van der Waals surface area (Å²) in [5.41, 5.74) is 1.61. The molecule has 1 saturated heterocycles. The van der Waals surface area contributed by atoms with Crippen LogP contribution in [-0.2, 0) is 16.4 Å². The number of piperazine rings is 1. The molecular weight excluding hydrogens is 496 g/mol. The molecule has 9 nitrogen and oxygen atoms in total. The van der Waals surface area contributed by atoms with Gasteiger partial charge in [-0.05, 0) is 29.8 Å². The number of sulfonamides is 1. The monoisotopic (exact) mass is 524 g/mol. The summed E-state index contributed by atoms with van der Waals surface area (Å²) in [6.07, 6.45) is 2.28. The van der Waals surface area contributed by atoms with Crippen LogP contribution in [0.4, 0.5) is 5.13 Å². The Hall–Kier alpha value is -3.12. The number of para-hydroxylation sites is 1. The lowest BCUT2D eigenvalue weighted by molar-refractivity contribution is 0.262. The lowest BCUT2D eigenvalue weighted by atomic mass is 10.1. The normalized spacial score (nSPS) is 14.9. The van der Waals surface area contributed by atoms with Crippen molar-refractivity contribution in [1.82, 2.24) is 24.0 Å². The number of anilines is 1. The maximum absolute atomic E-state index is 12.9. The Balaban J connectivity index is 1.11. The fourth-order valence-electron chi connectivity index (χ4n) is 4.28. The van der Waals surface area contributed by atoms with Crippen molar-refractivity contribution in [2.24, 2.45) is 0 Å². The van der Waals surface area contributed by atoms with E-state index in [0.717, 1.165) is 53.8 Å². The zero-order chi connectivity index (χ0) is 25.0. The molecule has 0 amide bonds. The number of rotatable bonds is 9. The second kappa shape index (κ2) is 10.9. The van der Waals surface area contributed by atoms with Crippen molar-refractivity contribution in [3.05, 3.63) is 72.2 Å². The van der Waals surface area contributed by atoms with E-state index in [2.05, 4.69) is 23.9 Å². The summed E-state index contributed by atoms with van der Waals surface area (Å²) in [6.45, 7) is 4.31. The molecule has 0 atom stereocenters. The van der Waals surface area contributed by atoms with Crippen molar-refractivity contribution in [3.8, 4) is 5.75 Å². The van der Waals surface area contributed by atoms with E-state index in [0.29, 0.717) is 25.0 Å². The van der Waals surface area contributed by atoms with E-state index in [1.54, 1.807) is 31.5 Å². The van der Waals surface area contributed by atoms with E-state index >= 15 is 0 Å². The second-order valence-corrected chi connectivity index (χ2v) is 11.0. The minimum atomic E-state index is -3.64. The molecular formula is C25H28N6O3S2. The number of nitrogens with one attached hydrogen (secondary N) is 1. The fourth-order valence-corrected chi connectivity index (χ4v) is 6.22. The van der Waals surface area contributed by atoms with Crippen molar-refractivity contribution in [1.29, 1.82) is 0 Å². The lowest BCUT2D eigenvalue weighted by Crippen LogP contribution is -2.48. The smallest absolute Gasteiger partial charge is 0.242 e. The number of pyridine rings is 1. The van der Waals surface area contributed by atoms with E-state index < -0.39 is 10.0 Å². The van der Waals surface area contributed by atoms with Crippen LogP contribution >= 0.6 is 11.5 Å². The molecule has 2 aromatic heterocycles.